The molecule has 0 aromatic heterocycles. The first-order chi connectivity index (χ1) is 9.70. The minimum atomic E-state index is -0.141. The monoisotopic (exact) mass is 266 g/mol. The number of Topliss-reactive ketones (excluding diaryl/α,β-unsaturated/α-hetero) is 1. The molecule has 0 saturated heterocycles. The van der Waals surface area contributed by atoms with Crippen LogP contribution in [0.5, 0.6) is 11.5 Å². The van der Waals surface area contributed by atoms with E-state index in [4.69, 9.17) is 11.2 Å². The van der Waals surface area contributed by atoms with Gasteiger partial charge >= 0.3 is 0 Å². The Balaban J connectivity index is 2.13. The van der Waals surface area contributed by atoms with Gasteiger partial charge in [-0.05, 0) is 17.7 Å². The Morgan fingerprint density at radius 2 is 1.95 bits per heavy atom. The van der Waals surface area contributed by atoms with Gasteiger partial charge in [0.1, 0.15) is 18.1 Å². The standard InChI is InChI=1S/C17H14O3/c1-2-10-20-14-8-9-15(17(19)12-14)16(18)11-13-6-4-3-5-7-13/h1,3-9,12,19H,10-11H2. The Kier molecular flexibility index (Phi) is 4.41. The van der Waals surface area contributed by atoms with Crippen LogP contribution in [0.25, 0.3) is 0 Å². The fourth-order valence-electron chi connectivity index (χ4n) is 1.84. The van der Waals surface area contributed by atoms with E-state index in [-0.39, 0.29) is 30.1 Å². The third kappa shape index (κ3) is 3.39. The Morgan fingerprint density at radius 3 is 2.60 bits per heavy atom. The van der Waals surface area contributed by atoms with Gasteiger partial charge in [-0.2, -0.15) is 0 Å². The summed E-state index contributed by atoms with van der Waals surface area (Å²) in [4.78, 5) is 12.1. The second-order valence-corrected chi connectivity index (χ2v) is 4.26. The molecule has 2 aromatic carbocycles. The summed E-state index contributed by atoms with van der Waals surface area (Å²) in [5.41, 5.74) is 1.19. The maximum Gasteiger partial charge on any atom is 0.170 e. The van der Waals surface area contributed by atoms with E-state index < -0.39 is 0 Å². The zero-order chi connectivity index (χ0) is 14.4. The summed E-state index contributed by atoms with van der Waals surface area (Å²) in [6, 6.07) is 14.0. The molecule has 2 aromatic rings. The minimum Gasteiger partial charge on any atom is -0.507 e. The number of hydrogen-bond acceptors (Lipinski definition) is 3. The van der Waals surface area contributed by atoms with Crippen molar-refractivity contribution >= 4 is 5.78 Å². The van der Waals surface area contributed by atoms with Gasteiger partial charge in [-0.25, -0.2) is 0 Å². The van der Waals surface area contributed by atoms with Gasteiger partial charge in [-0.15, -0.1) is 6.42 Å². The van der Waals surface area contributed by atoms with Gasteiger partial charge in [0.05, 0.1) is 5.56 Å². The van der Waals surface area contributed by atoms with E-state index in [1.807, 2.05) is 30.3 Å². The first-order valence-electron chi connectivity index (χ1n) is 6.17. The number of hydrogen-bond donors (Lipinski definition) is 1. The third-order valence-corrected chi connectivity index (χ3v) is 2.80. The maximum atomic E-state index is 12.1. The lowest BCUT2D eigenvalue weighted by molar-refractivity contribution is 0.0990. The van der Waals surface area contributed by atoms with Crippen molar-refractivity contribution < 1.29 is 14.6 Å². The molecule has 0 aliphatic heterocycles. The molecular weight excluding hydrogens is 252 g/mol. The lowest BCUT2D eigenvalue weighted by atomic mass is 10.0. The van der Waals surface area contributed by atoms with Crippen LogP contribution in [0, 0.1) is 12.3 Å². The second-order valence-electron chi connectivity index (χ2n) is 4.26. The SMILES string of the molecule is C#CCOc1ccc(C(=O)Cc2ccccc2)c(O)c1. The van der Waals surface area contributed by atoms with Gasteiger partial charge in [0.2, 0.25) is 0 Å². The number of benzene rings is 2. The highest BCUT2D eigenvalue weighted by Crippen LogP contribution is 2.24. The molecule has 1 N–H and O–H groups in total. The third-order valence-electron chi connectivity index (χ3n) is 2.80. The average molecular weight is 266 g/mol. The number of rotatable bonds is 5. The molecule has 0 fully saturated rings. The maximum absolute atomic E-state index is 12.1. The molecule has 2 rings (SSSR count). The molecule has 0 amide bonds. The largest absolute Gasteiger partial charge is 0.507 e. The molecule has 0 unspecified atom stereocenters. The van der Waals surface area contributed by atoms with Crippen molar-refractivity contribution in [3.63, 3.8) is 0 Å². The zero-order valence-corrected chi connectivity index (χ0v) is 10.9. The van der Waals surface area contributed by atoms with Gasteiger partial charge in [-0.3, -0.25) is 4.79 Å². The van der Waals surface area contributed by atoms with E-state index in [1.165, 1.54) is 6.07 Å². The van der Waals surface area contributed by atoms with E-state index in [0.29, 0.717) is 5.75 Å². The van der Waals surface area contributed by atoms with Crippen LogP contribution in [0.2, 0.25) is 0 Å². The van der Waals surface area contributed by atoms with E-state index in [0.717, 1.165) is 5.56 Å². The van der Waals surface area contributed by atoms with Gasteiger partial charge in [0.25, 0.3) is 0 Å². The van der Waals surface area contributed by atoms with E-state index in [2.05, 4.69) is 5.92 Å². The lowest BCUT2D eigenvalue weighted by Gasteiger charge is -2.07. The van der Waals surface area contributed by atoms with Crippen LogP contribution in [0.1, 0.15) is 15.9 Å². The Bertz CT molecular complexity index is 639. The summed E-state index contributed by atoms with van der Waals surface area (Å²) >= 11 is 0. The molecule has 0 radical (unpaired) electrons. The number of phenolic OH excluding ortho intramolecular Hbond substituents is 1. The van der Waals surface area contributed by atoms with Crippen molar-refractivity contribution in [2.45, 2.75) is 6.42 Å². The van der Waals surface area contributed by atoms with Gasteiger partial charge in [-0.1, -0.05) is 36.3 Å². The number of ketones is 1. The second kappa shape index (κ2) is 6.44. The molecule has 0 saturated carbocycles. The number of aromatic hydroxyl groups is 1. The molecule has 100 valence electrons. The molecule has 0 aliphatic carbocycles. The number of phenols is 1. The molecule has 0 atom stereocenters. The minimum absolute atomic E-state index is 0.0968. The lowest BCUT2D eigenvalue weighted by Crippen LogP contribution is -2.04. The van der Waals surface area contributed by atoms with E-state index >= 15 is 0 Å². The quantitative estimate of drug-likeness (QED) is 0.668. The summed E-state index contributed by atoms with van der Waals surface area (Å²) in [5, 5.41) is 9.89. The summed E-state index contributed by atoms with van der Waals surface area (Å²) in [6.45, 7) is 0.122. The first-order valence-corrected chi connectivity index (χ1v) is 6.17. The molecule has 0 spiro atoms. The number of carbonyl (C=O) groups excluding carboxylic acids is 1. The van der Waals surface area contributed by atoms with Crippen molar-refractivity contribution in [1.29, 1.82) is 0 Å². The topological polar surface area (TPSA) is 46.5 Å². The normalized spacial score (nSPS) is 9.75. The summed E-state index contributed by atoms with van der Waals surface area (Å²) in [6.07, 6.45) is 5.34. The van der Waals surface area contributed by atoms with E-state index in [9.17, 15) is 9.90 Å². The Morgan fingerprint density at radius 1 is 1.20 bits per heavy atom. The number of terminal acetylenes is 1. The molecule has 20 heavy (non-hydrogen) atoms. The van der Waals surface area contributed by atoms with Gasteiger partial charge < -0.3 is 9.84 Å². The molecular formula is C17H14O3. The fraction of sp³-hybridized carbons (Fsp3) is 0.118. The molecule has 3 heteroatoms. The molecule has 0 heterocycles. The van der Waals surface area contributed by atoms with Crippen LogP contribution in [0.15, 0.2) is 48.5 Å². The predicted octanol–water partition coefficient (Wildman–Crippen LogP) is 2.83. The Labute approximate surface area is 117 Å². The van der Waals surface area contributed by atoms with Crippen LogP contribution in [0.3, 0.4) is 0 Å². The molecule has 3 nitrogen and oxygen atoms in total. The smallest absolute Gasteiger partial charge is 0.170 e. The highest BCUT2D eigenvalue weighted by molar-refractivity contribution is 6.00. The van der Waals surface area contributed by atoms with E-state index in [1.54, 1.807) is 12.1 Å². The van der Waals surface area contributed by atoms with Crippen LogP contribution in [-0.2, 0) is 6.42 Å². The van der Waals surface area contributed by atoms with Gasteiger partial charge in [0, 0.05) is 12.5 Å². The van der Waals surface area contributed by atoms with Crippen molar-refractivity contribution in [2.24, 2.45) is 0 Å². The van der Waals surface area contributed by atoms with Crippen molar-refractivity contribution in [2.75, 3.05) is 6.61 Å². The van der Waals surface area contributed by atoms with Crippen LogP contribution in [0.4, 0.5) is 0 Å². The summed E-state index contributed by atoms with van der Waals surface area (Å²) in [5.74, 6) is 2.54. The van der Waals surface area contributed by atoms with Crippen molar-refractivity contribution in [1.82, 2.24) is 0 Å². The average Bonchev–Trinajstić information content (AvgIpc) is 2.46. The van der Waals surface area contributed by atoms with Crippen LogP contribution >= 0.6 is 0 Å². The number of ether oxygens (including phenoxy) is 1. The van der Waals surface area contributed by atoms with Crippen LogP contribution in [-0.4, -0.2) is 17.5 Å². The fourth-order valence-corrected chi connectivity index (χ4v) is 1.84. The van der Waals surface area contributed by atoms with Gasteiger partial charge in [0.15, 0.2) is 5.78 Å². The highest BCUT2D eigenvalue weighted by atomic mass is 16.5. The van der Waals surface area contributed by atoms with Crippen LogP contribution < -0.4 is 4.74 Å². The highest BCUT2D eigenvalue weighted by Gasteiger charge is 2.12. The van der Waals surface area contributed by atoms with Crippen molar-refractivity contribution in [3.8, 4) is 23.8 Å². The summed E-state index contributed by atoms with van der Waals surface area (Å²) < 4.78 is 5.18. The first kappa shape index (κ1) is 13.7. The molecule has 0 aliphatic rings. The molecule has 0 bridgehead atoms. The summed E-state index contributed by atoms with van der Waals surface area (Å²) in [7, 11) is 0. The predicted molar refractivity (Wildman–Crippen MR) is 76.9 cm³/mol. The zero-order valence-electron chi connectivity index (χ0n) is 10.9. The number of carbonyl (C=O) groups is 1. The Hall–Kier alpha value is -2.73. The van der Waals surface area contributed by atoms with Crippen molar-refractivity contribution in [3.05, 3.63) is 59.7 Å².